The van der Waals surface area contributed by atoms with Crippen molar-refractivity contribution in [2.24, 2.45) is 17.8 Å². The van der Waals surface area contributed by atoms with Crippen LogP contribution in [0, 0.1) is 17.8 Å². The molecule has 0 bridgehead atoms. The van der Waals surface area contributed by atoms with Gasteiger partial charge in [0.1, 0.15) is 6.04 Å². The largest absolute Gasteiger partial charge is 0.481 e. The molecule has 1 aliphatic carbocycles. The van der Waals surface area contributed by atoms with Gasteiger partial charge in [-0.05, 0) is 31.2 Å². The van der Waals surface area contributed by atoms with E-state index in [1.54, 1.807) is 0 Å². The summed E-state index contributed by atoms with van der Waals surface area (Å²) in [6.45, 7) is 0.644. The fourth-order valence-electron chi connectivity index (χ4n) is 2.70. The predicted octanol–water partition coefficient (Wildman–Crippen LogP) is -0.230. The summed E-state index contributed by atoms with van der Waals surface area (Å²) < 4.78 is 0. The maximum absolute atomic E-state index is 10.8. The molecule has 4 atom stereocenters. The van der Waals surface area contributed by atoms with E-state index in [0.717, 1.165) is 0 Å². The lowest BCUT2D eigenvalue weighted by Crippen LogP contribution is -2.35. The number of carbonyl (C=O) groups is 2. The molecule has 78 valence electrons. The second-order valence-corrected chi connectivity index (χ2v) is 4.15. The molecule has 3 N–H and O–H groups in total. The molecule has 0 aromatic heterocycles. The van der Waals surface area contributed by atoms with Gasteiger partial charge < -0.3 is 15.5 Å². The second-order valence-electron chi connectivity index (χ2n) is 4.15. The number of hydrogen-bond donors (Lipinski definition) is 3. The van der Waals surface area contributed by atoms with Crippen molar-refractivity contribution in [3.05, 3.63) is 0 Å². The molecule has 14 heavy (non-hydrogen) atoms. The van der Waals surface area contributed by atoms with Gasteiger partial charge in [-0.3, -0.25) is 9.59 Å². The molecule has 5 heteroatoms. The number of fused-ring (bicyclic) bond motifs is 1. The van der Waals surface area contributed by atoms with Gasteiger partial charge in [-0.2, -0.15) is 0 Å². The number of aliphatic carboxylic acids is 2. The standard InChI is InChI=1S/C9H13NO4/c11-8(12)4-1-5-3-10-7(9(13)14)6(5)2-4/h4-7,10H,1-3H2,(H,11,12)(H,13,14)/t4-,5?,6?,7-/m0/s1. The summed E-state index contributed by atoms with van der Waals surface area (Å²) in [5.41, 5.74) is 0. The molecular formula is C9H13NO4. The highest BCUT2D eigenvalue weighted by Crippen LogP contribution is 2.41. The van der Waals surface area contributed by atoms with E-state index in [-0.39, 0.29) is 17.8 Å². The zero-order chi connectivity index (χ0) is 10.3. The molecule has 0 aromatic rings. The molecule has 2 aliphatic rings. The molecule has 2 unspecified atom stereocenters. The van der Waals surface area contributed by atoms with Gasteiger partial charge >= 0.3 is 11.9 Å². The van der Waals surface area contributed by atoms with E-state index in [9.17, 15) is 9.59 Å². The van der Waals surface area contributed by atoms with E-state index in [1.807, 2.05) is 0 Å². The van der Waals surface area contributed by atoms with Gasteiger partial charge in [0.05, 0.1) is 5.92 Å². The highest BCUT2D eigenvalue weighted by molar-refractivity contribution is 5.75. The first-order valence-corrected chi connectivity index (χ1v) is 4.78. The van der Waals surface area contributed by atoms with Crippen molar-refractivity contribution >= 4 is 11.9 Å². The highest BCUT2D eigenvalue weighted by atomic mass is 16.4. The highest BCUT2D eigenvalue weighted by Gasteiger charge is 2.47. The zero-order valence-corrected chi connectivity index (χ0v) is 7.64. The first-order chi connectivity index (χ1) is 6.59. The van der Waals surface area contributed by atoms with Gasteiger partial charge in [-0.25, -0.2) is 0 Å². The Balaban J connectivity index is 2.06. The van der Waals surface area contributed by atoms with E-state index in [1.165, 1.54) is 0 Å². The van der Waals surface area contributed by atoms with Crippen molar-refractivity contribution in [2.75, 3.05) is 6.54 Å². The first-order valence-electron chi connectivity index (χ1n) is 4.78. The summed E-state index contributed by atoms with van der Waals surface area (Å²) in [7, 11) is 0. The first kappa shape index (κ1) is 9.45. The number of rotatable bonds is 2. The van der Waals surface area contributed by atoms with Crippen LogP contribution in [0.2, 0.25) is 0 Å². The lowest BCUT2D eigenvalue weighted by Gasteiger charge is -2.13. The Morgan fingerprint density at radius 3 is 2.43 bits per heavy atom. The lowest BCUT2D eigenvalue weighted by atomic mass is 9.94. The maximum atomic E-state index is 10.8. The summed E-state index contributed by atoms with van der Waals surface area (Å²) in [4.78, 5) is 21.6. The Morgan fingerprint density at radius 2 is 1.86 bits per heavy atom. The van der Waals surface area contributed by atoms with E-state index in [2.05, 4.69) is 5.32 Å². The van der Waals surface area contributed by atoms with Gasteiger partial charge in [0.2, 0.25) is 0 Å². The predicted molar refractivity (Wildman–Crippen MR) is 46.8 cm³/mol. The third-order valence-corrected chi connectivity index (χ3v) is 3.39. The Bertz CT molecular complexity index is 278. The average Bonchev–Trinajstić information content (AvgIpc) is 2.58. The molecule has 1 saturated carbocycles. The van der Waals surface area contributed by atoms with Gasteiger partial charge in [0.15, 0.2) is 0 Å². The fourth-order valence-corrected chi connectivity index (χ4v) is 2.70. The molecular weight excluding hydrogens is 186 g/mol. The summed E-state index contributed by atoms with van der Waals surface area (Å²) in [5.74, 6) is -1.74. The van der Waals surface area contributed by atoms with E-state index in [4.69, 9.17) is 10.2 Å². The van der Waals surface area contributed by atoms with Crippen LogP contribution in [0.15, 0.2) is 0 Å². The minimum Gasteiger partial charge on any atom is -0.481 e. The number of carboxylic acids is 2. The smallest absolute Gasteiger partial charge is 0.320 e. The summed E-state index contributed by atoms with van der Waals surface area (Å²) >= 11 is 0. The monoisotopic (exact) mass is 199 g/mol. The molecule has 1 aliphatic heterocycles. The van der Waals surface area contributed by atoms with Crippen LogP contribution in [-0.4, -0.2) is 34.7 Å². The average molecular weight is 199 g/mol. The normalized spacial score (nSPS) is 40.9. The lowest BCUT2D eigenvalue weighted by molar-refractivity contribution is -0.143. The molecule has 1 heterocycles. The summed E-state index contributed by atoms with van der Waals surface area (Å²) in [6, 6.07) is -0.538. The molecule has 5 nitrogen and oxygen atoms in total. The van der Waals surface area contributed by atoms with Gasteiger partial charge in [0.25, 0.3) is 0 Å². The molecule has 0 aromatic carbocycles. The molecule has 0 spiro atoms. The minimum absolute atomic E-state index is 0.00796. The van der Waals surface area contributed by atoms with Crippen molar-refractivity contribution < 1.29 is 19.8 Å². The van der Waals surface area contributed by atoms with Crippen molar-refractivity contribution in [3.63, 3.8) is 0 Å². The van der Waals surface area contributed by atoms with E-state index < -0.39 is 18.0 Å². The number of carboxylic acid groups (broad SMARTS) is 2. The van der Waals surface area contributed by atoms with Crippen LogP contribution in [0.1, 0.15) is 12.8 Å². The molecule has 0 amide bonds. The van der Waals surface area contributed by atoms with Gasteiger partial charge in [-0.15, -0.1) is 0 Å². The van der Waals surface area contributed by atoms with Crippen LogP contribution < -0.4 is 5.32 Å². The fraction of sp³-hybridized carbons (Fsp3) is 0.778. The van der Waals surface area contributed by atoms with Crippen LogP contribution in [-0.2, 0) is 9.59 Å². The quantitative estimate of drug-likeness (QED) is 0.572. The van der Waals surface area contributed by atoms with Crippen LogP contribution in [0.25, 0.3) is 0 Å². The van der Waals surface area contributed by atoms with Crippen LogP contribution >= 0.6 is 0 Å². The summed E-state index contributed by atoms with van der Waals surface area (Å²) in [6.07, 6.45) is 1.13. The number of nitrogens with one attached hydrogen (secondary N) is 1. The van der Waals surface area contributed by atoms with Crippen LogP contribution in [0.5, 0.6) is 0 Å². The molecule has 0 radical (unpaired) electrons. The minimum atomic E-state index is -0.858. The maximum Gasteiger partial charge on any atom is 0.320 e. The Labute approximate surface area is 81.1 Å². The van der Waals surface area contributed by atoms with Crippen molar-refractivity contribution in [1.29, 1.82) is 0 Å². The molecule has 2 rings (SSSR count). The van der Waals surface area contributed by atoms with E-state index >= 15 is 0 Å². The zero-order valence-electron chi connectivity index (χ0n) is 7.64. The number of hydrogen-bond acceptors (Lipinski definition) is 3. The SMILES string of the molecule is O=C(O)[C@H]1CC2CN[C@H](C(=O)O)C2C1. The van der Waals surface area contributed by atoms with Gasteiger partial charge in [-0.1, -0.05) is 0 Å². The van der Waals surface area contributed by atoms with Crippen molar-refractivity contribution in [3.8, 4) is 0 Å². The van der Waals surface area contributed by atoms with Crippen molar-refractivity contribution in [1.82, 2.24) is 5.32 Å². The third kappa shape index (κ3) is 1.37. The van der Waals surface area contributed by atoms with E-state index in [0.29, 0.717) is 19.4 Å². The Morgan fingerprint density at radius 1 is 1.14 bits per heavy atom. The topological polar surface area (TPSA) is 86.6 Å². The van der Waals surface area contributed by atoms with Crippen LogP contribution in [0.4, 0.5) is 0 Å². The third-order valence-electron chi connectivity index (χ3n) is 3.39. The Hall–Kier alpha value is -1.10. The van der Waals surface area contributed by atoms with Crippen molar-refractivity contribution in [2.45, 2.75) is 18.9 Å². The second kappa shape index (κ2) is 3.24. The van der Waals surface area contributed by atoms with Gasteiger partial charge in [0, 0.05) is 0 Å². The summed E-state index contributed by atoms with van der Waals surface area (Å²) in [5, 5.41) is 20.6. The molecule has 2 fully saturated rings. The molecule has 1 saturated heterocycles. The Kier molecular flexibility index (Phi) is 2.19. The van der Waals surface area contributed by atoms with Crippen LogP contribution in [0.3, 0.4) is 0 Å².